The van der Waals surface area contributed by atoms with Crippen LogP contribution in [0.5, 0.6) is 5.75 Å². The Kier molecular flexibility index (Phi) is 4.86. The summed E-state index contributed by atoms with van der Waals surface area (Å²) in [5.41, 5.74) is 2.12. The number of anilines is 2. The van der Waals surface area contributed by atoms with E-state index in [2.05, 4.69) is 50.0 Å². The largest absolute Gasteiger partial charge is 0.494 e. The van der Waals surface area contributed by atoms with Gasteiger partial charge in [0.05, 0.1) is 27.0 Å². The highest BCUT2D eigenvalue weighted by molar-refractivity contribution is 9.10. The molecule has 0 unspecified atom stereocenters. The van der Waals surface area contributed by atoms with Crippen LogP contribution in [0.15, 0.2) is 40.9 Å². The third kappa shape index (κ3) is 3.44. The van der Waals surface area contributed by atoms with Gasteiger partial charge >= 0.3 is 0 Å². The van der Waals surface area contributed by atoms with Crippen LogP contribution in [-0.2, 0) is 0 Å². The third-order valence-electron chi connectivity index (χ3n) is 4.82. The van der Waals surface area contributed by atoms with Crippen LogP contribution < -0.4 is 14.5 Å². The summed E-state index contributed by atoms with van der Waals surface area (Å²) >= 11 is 7.05. The number of aromatic nitrogens is 2. The number of nitrogens with zero attached hydrogens (tertiary/aromatic N) is 4. The summed E-state index contributed by atoms with van der Waals surface area (Å²) in [6, 6.07) is 12.4. The SMILES string of the molecule is CCOc1ccc2nc(N3CCN(c4nc5ccc(Br)cc5s4)CC3)sc2c1. The van der Waals surface area contributed by atoms with Crippen LogP contribution >= 0.6 is 38.6 Å². The molecule has 5 nitrogen and oxygen atoms in total. The maximum atomic E-state index is 5.61. The molecule has 0 bridgehead atoms. The van der Waals surface area contributed by atoms with E-state index < -0.39 is 0 Å². The molecule has 1 aliphatic heterocycles. The van der Waals surface area contributed by atoms with Crippen LogP contribution in [0.2, 0.25) is 0 Å². The molecule has 0 amide bonds. The van der Waals surface area contributed by atoms with Crippen LogP contribution in [0.1, 0.15) is 6.92 Å². The molecule has 28 heavy (non-hydrogen) atoms. The summed E-state index contributed by atoms with van der Waals surface area (Å²) in [4.78, 5) is 14.4. The van der Waals surface area contributed by atoms with Gasteiger partial charge in [-0.15, -0.1) is 0 Å². The lowest BCUT2D eigenvalue weighted by Crippen LogP contribution is -2.46. The molecule has 3 heterocycles. The highest BCUT2D eigenvalue weighted by atomic mass is 79.9. The fourth-order valence-electron chi connectivity index (χ4n) is 3.40. The molecule has 0 N–H and O–H groups in total. The first-order valence-corrected chi connectivity index (χ1v) is 11.7. The fourth-order valence-corrected chi connectivity index (χ4v) is 6.01. The van der Waals surface area contributed by atoms with Gasteiger partial charge < -0.3 is 14.5 Å². The Bertz CT molecular complexity index is 1130. The molecule has 1 fully saturated rings. The summed E-state index contributed by atoms with van der Waals surface area (Å²) in [6.45, 7) is 6.52. The lowest BCUT2D eigenvalue weighted by molar-refractivity contribution is 0.341. The molecule has 1 saturated heterocycles. The van der Waals surface area contributed by atoms with Crippen LogP contribution in [0.25, 0.3) is 20.4 Å². The quantitative estimate of drug-likeness (QED) is 0.396. The lowest BCUT2D eigenvalue weighted by Gasteiger charge is -2.34. The molecule has 0 spiro atoms. The van der Waals surface area contributed by atoms with E-state index in [-0.39, 0.29) is 0 Å². The first-order valence-electron chi connectivity index (χ1n) is 9.29. The van der Waals surface area contributed by atoms with Crippen molar-refractivity contribution in [2.24, 2.45) is 0 Å². The van der Waals surface area contributed by atoms with Gasteiger partial charge in [-0.05, 0) is 43.3 Å². The second kappa shape index (κ2) is 7.50. The number of fused-ring (bicyclic) bond motifs is 2. The lowest BCUT2D eigenvalue weighted by atomic mass is 10.3. The first kappa shape index (κ1) is 18.1. The third-order valence-corrected chi connectivity index (χ3v) is 7.47. The van der Waals surface area contributed by atoms with Gasteiger partial charge in [-0.3, -0.25) is 0 Å². The molecule has 144 valence electrons. The van der Waals surface area contributed by atoms with Crippen molar-refractivity contribution in [1.29, 1.82) is 0 Å². The van der Waals surface area contributed by atoms with E-state index in [9.17, 15) is 0 Å². The molecule has 5 rings (SSSR count). The summed E-state index contributed by atoms with van der Waals surface area (Å²) in [6.07, 6.45) is 0. The smallest absolute Gasteiger partial charge is 0.186 e. The van der Waals surface area contributed by atoms with Gasteiger partial charge in [0, 0.05) is 30.7 Å². The van der Waals surface area contributed by atoms with Crippen molar-refractivity contribution >= 4 is 69.3 Å². The van der Waals surface area contributed by atoms with Crippen LogP contribution in [0, 0.1) is 0 Å². The molecule has 1 aliphatic rings. The second-order valence-corrected chi connectivity index (χ2v) is 9.58. The van der Waals surface area contributed by atoms with E-state index in [0.717, 1.165) is 57.7 Å². The molecule has 0 saturated carbocycles. The predicted molar refractivity (Wildman–Crippen MR) is 123 cm³/mol. The highest BCUT2D eigenvalue weighted by Gasteiger charge is 2.22. The van der Waals surface area contributed by atoms with E-state index in [4.69, 9.17) is 14.7 Å². The molecule has 4 aromatic rings. The van der Waals surface area contributed by atoms with Crippen molar-refractivity contribution in [3.05, 3.63) is 40.9 Å². The van der Waals surface area contributed by atoms with Gasteiger partial charge in [-0.1, -0.05) is 38.6 Å². The topological polar surface area (TPSA) is 41.5 Å². The maximum absolute atomic E-state index is 5.61. The van der Waals surface area contributed by atoms with Crippen molar-refractivity contribution < 1.29 is 4.74 Å². The number of hydrogen-bond acceptors (Lipinski definition) is 7. The van der Waals surface area contributed by atoms with Crippen molar-refractivity contribution in [2.75, 3.05) is 42.6 Å². The standard InChI is InChI=1S/C20H19BrN4OS2/c1-2-26-14-4-6-16-18(12-14)28-20(23-16)25-9-7-24(8-10-25)19-22-15-5-3-13(21)11-17(15)27-19/h3-6,11-12H,2,7-10H2,1H3. The Hall–Kier alpha value is -1.90. The number of rotatable bonds is 4. The van der Waals surface area contributed by atoms with E-state index in [1.165, 1.54) is 9.40 Å². The highest BCUT2D eigenvalue weighted by Crippen LogP contribution is 2.34. The molecular formula is C20H19BrN4OS2. The summed E-state index contributed by atoms with van der Waals surface area (Å²) in [5, 5.41) is 2.20. The zero-order valence-corrected chi connectivity index (χ0v) is 18.6. The van der Waals surface area contributed by atoms with Crippen molar-refractivity contribution in [1.82, 2.24) is 9.97 Å². The van der Waals surface area contributed by atoms with Gasteiger partial charge in [0.25, 0.3) is 0 Å². The second-order valence-electron chi connectivity index (χ2n) is 6.64. The van der Waals surface area contributed by atoms with Crippen LogP contribution in [-0.4, -0.2) is 42.8 Å². The molecule has 2 aromatic heterocycles. The van der Waals surface area contributed by atoms with E-state index >= 15 is 0 Å². The van der Waals surface area contributed by atoms with Crippen molar-refractivity contribution in [3.63, 3.8) is 0 Å². The Morgan fingerprint density at radius 3 is 2.07 bits per heavy atom. The van der Waals surface area contributed by atoms with Gasteiger partial charge in [0.15, 0.2) is 10.3 Å². The molecule has 0 atom stereocenters. The van der Waals surface area contributed by atoms with E-state index in [1.54, 1.807) is 22.7 Å². The minimum absolute atomic E-state index is 0.682. The molecule has 8 heteroatoms. The van der Waals surface area contributed by atoms with Crippen LogP contribution in [0.4, 0.5) is 10.3 Å². The Morgan fingerprint density at radius 1 is 0.893 bits per heavy atom. The normalized spacial score (nSPS) is 14.9. The minimum atomic E-state index is 0.682. The van der Waals surface area contributed by atoms with Gasteiger partial charge in [0.1, 0.15) is 5.75 Å². The summed E-state index contributed by atoms with van der Waals surface area (Å²) in [7, 11) is 0. The number of ether oxygens (including phenoxy) is 1. The van der Waals surface area contributed by atoms with Gasteiger partial charge in [0.2, 0.25) is 0 Å². The molecule has 0 aliphatic carbocycles. The monoisotopic (exact) mass is 474 g/mol. The number of hydrogen-bond donors (Lipinski definition) is 0. The fraction of sp³-hybridized carbons (Fsp3) is 0.300. The Balaban J connectivity index is 1.31. The minimum Gasteiger partial charge on any atom is -0.494 e. The van der Waals surface area contributed by atoms with Crippen LogP contribution in [0.3, 0.4) is 0 Å². The van der Waals surface area contributed by atoms with E-state index in [0.29, 0.717) is 6.61 Å². The zero-order chi connectivity index (χ0) is 19.1. The van der Waals surface area contributed by atoms with Gasteiger partial charge in [-0.25, -0.2) is 9.97 Å². The molecule has 0 radical (unpaired) electrons. The average Bonchev–Trinajstić information content (AvgIpc) is 3.31. The van der Waals surface area contributed by atoms with Crippen molar-refractivity contribution in [3.8, 4) is 5.75 Å². The maximum Gasteiger partial charge on any atom is 0.186 e. The number of piperazine rings is 1. The number of thiazole rings is 2. The number of halogens is 1. The molecular weight excluding hydrogens is 456 g/mol. The van der Waals surface area contributed by atoms with E-state index in [1.807, 2.05) is 19.1 Å². The zero-order valence-electron chi connectivity index (χ0n) is 15.4. The summed E-state index contributed by atoms with van der Waals surface area (Å²) in [5.74, 6) is 0.914. The molecule has 2 aromatic carbocycles. The van der Waals surface area contributed by atoms with Crippen molar-refractivity contribution in [2.45, 2.75) is 6.92 Å². The Labute approximate surface area is 179 Å². The van der Waals surface area contributed by atoms with Gasteiger partial charge in [-0.2, -0.15) is 0 Å². The Morgan fingerprint density at radius 2 is 1.46 bits per heavy atom. The summed E-state index contributed by atoms with van der Waals surface area (Å²) < 4.78 is 9.12. The number of benzene rings is 2. The first-order chi connectivity index (χ1) is 13.7. The predicted octanol–water partition coefficient (Wildman–Crippen LogP) is 5.39. The average molecular weight is 475 g/mol.